The van der Waals surface area contributed by atoms with Gasteiger partial charge in [-0.3, -0.25) is 4.21 Å². The number of rotatable bonds is 6. The molecule has 2 rings (SSSR count). The zero-order chi connectivity index (χ0) is 20.2. The first-order chi connectivity index (χ1) is 12.6. The van der Waals surface area contributed by atoms with Gasteiger partial charge in [0.05, 0.1) is 39.1 Å². The molecular formula is C17H14ClF4NO3S. The number of benzene rings is 2. The highest BCUT2D eigenvalue weighted by Crippen LogP contribution is 2.30. The van der Waals surface area contributed by atoms with Crippen LogP contribution in [-0.4, -0.2) is 29.2 Å². The van der Waals surface area contributed by atoms with E-state index in [9.17, 15) is 26.6 Å². The van der Waals surface area contributed by atoms with E-state index in [0.29, 0.717) is 5.56 Å². The molecule has 0 aliphatic rings. The summed E-state index contributed by atoms with van der Waals surface area (Å²) in [4.78, 5) is 11.4. The van der Waals surface area contributed by atoms with Gasteiger partial charge in [0.2, 0.25) is 0 Å². The molecule has 0 aliphatic carbocycles. The summed E-state index contributed by atoms with van der Waals surface area (Å²) in [5.41, 5.74) is 0.545. The molecule has 0 heterocycles. The second-order valence-corrected chi connectivity index (χ2v) is 7.20. The van der Waals surface area contributed by atoms with Gasteiger partial charge in [-0.05, 0) is 23.8 Å². The summed E-state index contributed by atoms with van der Waals surface area (Å²) in [6.45, 7) is -0.0187. The van der Waals surface area contributed by atoms with Gasteiger partial charge >= 0.3 is 12.1 Å². The third-order valence-electron chi connectivity index (χ3n) is 3.45. The molecule has 0 radical (unpaired) electrons. The van der Waals surface area contributed by atoms with E-state index in [2.05, 4.69) is 10.1 Å². The van der Waals surface area contributed by atoms with Gasteiger partial charge in [0.15, 0.2) is 0 Å². The van der Waals surface area contributed by atoms with Crippen LogP contribution in [0.2, 0.25) is 5.02 Å². The molecule has 0 spiro atoms. The lowest BCUT2D eigenvalue weighted by Crippen LogP contribution is -2.19. The molecule has 0 saturated heterocycles. The quantitative estimate of drug-likeness (QED) is 0.547. The van der Waals surface area contributed by atoms with Crippen LogP contribution in [-0.2, 0) is 22.1 Å². The molecule has 0 saturated carbocycles. The van der Waals surface area contributed by atoms with Crippen LogP contribution in [0, 0.1) is 5.82 Å². The van der Waals surface area contributed by atoms with Crippen molar-refractivity contribution in [3.63, 3.8) is 0 Å². The summed E-state index contributed by atoms with van der Waals surface area (Å²) < 4.78 is 68.0. The van der Waals surface area contributed by atoms with Crippen LogP contribution in [0.25, 0.3) is 0 Å². The van der Waals surface area contributed by atoms with Crippen molar-refractivity contribution in [1.82, 2.24) is 0 Å². The number of esters is 1. The number of methoxy groups -OCH3 is 1. The monoisotopic (exact) mass is 423 g/mol. The lowest BCUT2D eigenvalue weighted by molar-refractivity contribution is -0.105. The van der Waals surface area contributed by atoms with Gasteiger partial charge in [0.25, 0.3) is 0 Å². The Hall–Kier alpha value is -2.13. The molecule has 0 amide bonds. The SMILES string of the molecule is COC(=O)c1ccccc1CNc1cc(S(=O)CC(F)(F)F)c(Cl)cc1F. The summed E-state index contributed by atoms with van der Waals surface area (Å²) in [7, 11) is -1.27. The van der Waals surface area contributed by atoms with Crippen LogP contribution < -0.4 is 5.32 Å². The predicted octanol–water partition coefficient (Wildman–Crippen LogP) is 4.55. The largest absolute Gasteiger partial charge is 0.465 e. The molecule has 0 aliphatic heterocycles. The van der Waals surface area contributed by atoms with Crippen LogP contribution >= 0.6 is 11.6 Å². The van der Waals surface area contributed by atoms with E-state index >= 15 is 0 Å². The minimum absolute atomic E-state index is 0.0187. The van der Waals surface area contributed by atoms with E-state index in [1.165, 1.54) is 13.2 Å². The third-order valence-corrected chi connectivity index (χ3v) is 5.30. The molecular weight excluding hydrogens is 410 g/mol. The maximum Gasteiger partial charge on any atom is 0.400 e. The summed E-state index contributed by atoms with van der Waals surface area (Å²) >= 11 is 5.74. The maximum absolute atomic E-state index is 14.1. The van der Waals surface area contributed by atoms with Gasteiger partial charge in [-0.1, -0.05) is 29.8 Å². The number of nitrogens with one attached hydrogen (secondary N) is 1. The van der Waals surface area contributed by atoms with E-state index in [1.807, 2.05) is 0 Å². The molecule has 0 bridgehead atoms. The summed E-state index contributed by atoms with van der Waals surface area (Å²) in [5.74, 6) is -3.01. The van der Waals surface area contributed by atoms with Gasteiger partial charge in [-0.25, -0.2) is 9.18 Å². The fourth-order valence-electron chi connectivity index (χ4n) is 2.24. The predicted molar refractivity (Wildman–Crippen MR) is 93.8 cm³/mol. The van der Waals surface area contributed by atoms with Crippen molar-refractivity contribution < 1.29 is 31.3 Å². The molecule has 1 atom stereocenters. The lowest BCUT2D eigenvalue weighted by Gasteiger charge is -2.13. The molecule has 0 aromatic heterocycles. The highest BCUT2D eigenvalue weighted by atomic mass is 35.5. The number of ether oxygens (including phenoxy) is 1. The Bertz CT molecular complexity index is 874. The van der Waals surface area contributed by atoms with Gasteiger partial charge in [0, 0.05) is 6.54 Å². The summed E-state index contributed by atoms with van der Waals surface area (Å²) in [6.07, 6.45) is -4.66. The minimum Gasteiger partial charge on any atom is -0.465 e. The molecule has 1 unspecified atom stereocenters. The highest BCUT2D eigenvalue weighted by molar-refractivity contribution is 7.85. The first-order valence-corrected chi connectivity index (χ1v) is 9.16. The van der Waals surface area contributed by atoms with Crippen molar-refractivity contribution in [3.8, 4) is 0 Å². The average Bonchev–Trinajstić information content (AvgIpc) is 2.59. The van der Waals surface area contributed by atoms with Crippen LogP contribution in [0.5, 0.6) is 0 Å². The third kappa shape index (κ3) is 5.67. The maximum atomic E-state index is 14.1. The Kier molecular flexibility index (Phi) is 6.83. The van der Waals surface area contributed by atoms with Crippen molar-refractivity contribution in [2.45, 2.75) is 17.6 Å². The topological polar surface area (TPSA) is 55.4 Å². The van der Waals surface area contributed by atoms with E-state index in [0.717, 1.165) is 12.1 Å². The van der Waals surface area contributed by atoms with Gasteiger partial charge in [-0.15, -0.1) is 0 Å². The van der Waals surface area contributed by atoms with E-state index in [1.54, 1.807) is 18.2 Å². The van der Waals surface area contributed by atoms with Crippen LogP contribution in [0.1, 0.15) is 15.9 Å². The Morgan fingerprint density at radius 1 is 1.26 bits per heavy atom. The van der Waals surface area contributed by atoms with Crippen molar-refractivity contribution >= 4 is 34.1 Å². The number of alkyl halides is 3. The van der Waals surface area contributed by atoms with Crippen molar-refractivity contribution in [1.29, 1.82) is 0 Å². The standard InChI is InChI=1S/C17H14ClF4NO3S/c1-26-16(24)11-5-3-2-4-10(11)8-23-14-7-15(12(18)6-13(14)19)27(25)9-17(20,21)22/h2-7,23H,8-9H2,1H3. The Balaban J connectivity index is 2.27. The second kappa shape index (κ2) is 8.71. The highest BCUT2D eigenvalue weighted by Gasteiger charge is 2.32. The van der Waals surface area contributed by atoms with Crippen LogP contribution in [0.3, 0.4) is 0 Å². The van der Waals surface area contributed by atoms with Crippen molar-refractivity contribution in [3.05, 3.63) is 58.4 Å². The van der Waals surface area contributed by atoms with Gasteiger partial charge in [0.1, 0.15) is 11.6 Å². The van der Waals surface area contributed by atoms with Crippen LogP contribution in [0.15, 0.2) is 41.3 Å². The van der Waals surface area contributed by atoms with E-state index in [4.69, 9.17) is 11.6 Å². The van der Waals surface area contributed by atoms with E-state index in [-0.39, 0.29) is 27.7 Å². The molecule has 2 aromatic rings. The smallest absolute Gasteiger partial charge is 0.400 e. The van der Waals surface area contributed by atoms with E-state index < -0.39 is 34.5 Å². The summed E-state index contributed by atoms with van der Waals surface area (Å²) in [5, 5.41) is 2.31. The number of halogens is 5. The molecule has 2 aromatic carbocycles. The fraction of sp³-hybridized carbons (Fsp3) is 0.235. The number of hydrogen-bond donors (Lipinski definition) is 1. The Morgan fingerprint density at radius 3 is 2.56 bits per heavy atom. The van der Waals surface area contributed by atoms with Gasteiger partial charge in [-0.2, -0.15) is 13.2 Å². The first-order valence-electron chi connectivity index (χ1n) is 7.46. The molecule has 4 nitrogen and oxygen atoms in total. The number of carbonyl (C=O) groups excluding carboxylic acids is 1. The van der Waals surface area contributed by atoms with Crippen LogP contribution in [0.4, 0.5) is 23.2 Å². The molecule has 0 fully saturated rings. The first kappa shape index (κ1) is 21.2. The molecule has 10 heteroatoms. The number of hydrogen-bond acceptors (Lipinski definition) is 4. The minimum atomic E-state index is -4.66. The number of carbonyl (C=O) groups is 1. The fourth-order valence-corrected chi connectivity index (χ4v) is 3.63. The molecule has 1 N–H and O–H groups in total. The Labute approximate surface area is 159 Å². The van der Waals surface area contributed by atoms with Gasteiger partial charge < -0.3 is 10.1 Å². The zero-order valence-electron chi connectivity index (χ0n) is 13.9. The van der Waals surface area contributed by atoms with Crippen molar-refractivity contribution in [2.24, 2.45) is 0 Å². The normalized spacial score (nSPS) is 12.5. The lowest BCUT2D eigenvalue weighted by atomic mass is 10.1. The average molecular weight is 424 g/mol. The number of anilines is 1. The van der Waals surface area contributed by atoms with Crippen molar-refractivity contribution in [2.75, 3.05) is 18.2 Å². The Morgan fingerprint density at radius 2 is 1.93 bits per heavy atom. The summed E-state index contributed by atoms with van der Waals surface area (Å²) in [6, 6.07) is 8.17. The molecule has 146 valence electrons. The second-order valence-electron chi connectivity index (χ2n) is 5.37. The molecule has 27 heavy (non-hydrogen) atoms. The zero-order valence-corrected chi connectivity index (χ0v) is 15.5.